The molecule has 2 unspecified atom stereocenters. The van der Waals surface area contributed by atoms with Crippen LogP contribution in [0.15, 0.2) is 0 Å². The van der Waals surface area contributed by atoms with Gasteiger partial charge in [-0.2, -0.15) is 0 Å². The second-order valence-corrected chi connectivity index (χ2v) is 5.82. The zero-order chi connectivity index (χ0) is 10.6. The van der Waals surface area contributed by atoms with Crippen molar-refractivity contribution in [3.8, 4) is 0 Å². The van der Waals surface area contributed by atoms with E-state index < -0.39 is 10.0 Å². The van der Waals surface area contributed by atoms with Crippen LogP contribution in [0.5, 0.6) is 0 Å². The van der Waals surface area contributed by atoms with E-state index in [1.54, 1.807) is 0 Å². The Kier molecular flexibility index (Phi) is 4.34. The molecule has 1 aliphatic rings. The quantitative estimate of drug-likeness (QED) is 0.717. The highest BCUT2D eigenvalue weighted by Gasteiger charge is 2.23. The molecular formula is C9H20N2O2S. The van der Waals surface area contributed by atoms with Crippen LogP contribution in [0.4, 0.5) is 0 Å². The van der Waals surface area contributed by atoms with Gasteiger partial charge < -0.3 is 5.32 Å². The topological polar surface area (TPSA) is 58.2 Å². The predicted octanol–water partition coefficient (Wildman–Crippen LogP) is 0.314. The summed E-state index contributed by atoms with van der Waals surface area (Å²) in [5.41, 5.74) is 0. The van der Waals surface area contributed by atoms with Crippen LogP contribution in [-0.4, -0.2) is 33.8 Å². The van der Waals surface area contributed by atoms with Crippen LogP contribution < -0.4 is 10.0 Å². The van der Waals surface area contributed by atoms with Crippen LogP contribution in [0.3, 0.4) is 0 Å². The molecule has 84 valence electrons. The fraction of sp³-hybridized carbons (Fsp3) is 1.00. The minimum Gasteiger partial charge on any atom is -0.312 e. The molecule has 0 aromatic carbocycles. The van der Waals surface area contributed by atoms with E-state index in [2.05, 4.69) is 17.0 Å². The lowest BCUT2D eigenvalue weighted by Gasteiger charge is -2.31. The van der Waals surface area contributed by atoms with E-state index in [0.29, 0.717) is 18.5 Å². The molecule has 0 bridgehead atoms. The molecule has 0 saturated carbocycles. The van der Waals surface area contributed by atoms with Gasteiger partial charge in [-0.15, -0.1) is 0 Å². The first kappa shape index (κ1) is 11.9. The second-order valence-electron chi connectivity index (χ2n) is 3.99. The molecule has 1 heterocycles. The first-order valence-corrected chi connectivity index (χ1v) is 7.10. The summed E-state index contributed by atoms with van der Waals surface area (Å²) in [7, 11) is -3.05. The third-order valence-electron chi connectivity index (χ3n) is 2.82. The summed E-state index contributed by atoms with van der Waals surface area (Å²) >= 11 is 0. The zero-order valence-electron chi connectivity index (χ0n) is 8.91. The molecule has 0 aromatic rings. The van der Waals surface area contributed by atoms with Crippen LogP contribution in [0, 0.1) is 5.92 Å². The maximum atomic E-state index is 10.9. The number of hydrogen-bond acceptors (Lipinski definition) is 3. The summed E-state index contributed by atoms with van der Waals surface area (Å²) < 4.78 is 24.4. The minimum atomic E-state index is -3.05. The van der Waals surface area contributed by atoms with Gasteiger partial charge in [0.05, 0.1) is 6.26 Å². The van der Waals surface area contributed by atoms with Gasteiger partial charge in [-0.1, -0.05) is 13.3 Å². The van der Waals surface area contributed by atoms with Gasteiger partial charge in [-0.25, -0.2) is 13.1 Å². The van der Waals surface area contributed by atoms with Gasteiger partial charge >= 0.3 is 0 Å². The predicted molar refractivity (Wildman–Crippen MR) is 57.7 cm³/mol. The van der Waals surface area contributed by atoms with E-state index in [1.807, 2.05) is 0 Å². The van der Waals surface area contributed by atoms with Gasteiger partial charge in [0.15, 0.2) is 0 Å². The summed E-state index contributed by atoms with van der Waals surface area (Å²) in [5.74, 6) is 0.609. The third-order valence-corrected chi connectivity index (χ3v) is 3.51. The van der Waals surface area contributed by atoms with Crippen molar-refractivity contribution in [1.29, 1.82) is 0 Å². The lowest BCUT2D eigenvalue weighted by Crippen LogP contribution is -2.48. The largest absolute Gasteiger partial charge is 0.312 e. The zero-order valence-corrected chi connectivity index (χ0v) is 9.73. The lowest BCUT2D eigenvalue weighted by molar-refractivity contribution is 0.273. The standard InChI is InChI=1S/C9H20N2O2S/c1-3-8-5-4-6-10-9(8)7-11-14(2,12)13/h8-11H,3-7H2,1-2H3. The van der Waals surface area contributed by atoms with Crippen LogP contribution in [-0.2, 0) is 10.0 Å². The average molecular weight is 220 g/mol. The Morgan fingerprint density at radius 3 is 2.79 bits per heavy atom. The Bertz CT molecular complexity index is 264. The SMILES string of the molecule is CCC1CCCNC1CNS(C)(=O)=O. The molecule has 1 aliphatic heterocycles. The molecule has 1 saturated heterocycles. The summed E-state index contributed by atoms with van der Waals surface area (Å²) in [4.78, 5) is 0. The molecule has 0 radical (unpaired) electrons. The summed E-state index contributed by atoms with van der Waals surface area (Å²) in [6.07, 6.45) is 4.73. The van der Waals surface area contributed by atoms with E-state index in [4.69, 9.17) is 0 Å². The Balaban J connectivity index is 2.41. The van der Waals surface area contributed by atoms with Crippen molar-refractivity contribution in [2.75, 3.05) is 19.3 Å². The molecule has 0 aromatic heterocycles. The molecule has 2 atom stereocenters. The summed E-state index contributed by atoms with van der Waals surface area (Å²) in [6.45, 7) is 3.69. The summed E-state index contributed by atoms with van der Waals surface area (Å²) in [5, 5.41) is 3.37. The van der Waals surface area contributed by atoms with Crippen molar-refractivity contribution in [3.05, 3.63) is 0 Å². The van der Waals surface area contributed by atoms with Crippen molar-refractivity contribution < 1.29 is 8.42 Å². The molecule has 0 aliphatic carbocycles. The Morgan fingerprint density at radius 1 is 1.50 bits per heavy atom. The highest BCUT2D eigenvalue weighted by Crippen LogP contribution is 2.19. The third kappa shape index (κ3) is 3.94. The average Bonchev–Trinajstić information content (AvgIpc) is 2.14. The van der Waals surface area contributed by atoms with Gasteiger partial charge in [0.1, 0.15) is 0 Å². The van der Waals surface area contributed by atoms with Gasteiger partial charge in [-0.3, -0.25) is 0 Å². The minimum absolute atomic E-state index is 0.309. The van der Waals surface area contributed by atoms with Gasteiger partial charge in [0.25, 0.3) is 0 Å². The number of hydrogen-bond donors (Lipinski definition) is 2. The van der Waals surface area contributed by atoms with Gasteiger partial charge in [-0.05, 0) is 25.3 Å². The highest BCUT2D eigenvalue weighted by atomic mass is 32.2. The first-order chi connectivity index (χ1) is 6.53. The second kappa shape index (κ2) is 5.09. The van der Waals surface area contributed by atoms with Crippen LogP contribution in [0.25, 0.3) is 0 Å². The highest BCUT2D eigenvalue weighted by molar-refractivity contribution is 7.88. The van der Waals surface area contributed by atoms with Gasteiger partial charge in [0.2, 0.25) is 10.0 Å². The van der Waals surface area contributed by atoms with E-state index in [1.165, 1.54) is 19.1 Å². The van der Waals surface area contributed by atoms with Crippen molar-refractivity contribution in [2.45, 2.75) is 32.2 Å². The molecule has 0 spiro atoms. The first-order valence-electron chi connectivity index (χ1n) is 5.21. The van der Waals surface area contributed by atoms with E-state index in [-0.39, 0.29) is 0 Å². The molecule has 1 fully saturated rings. The van der Waals surface area contributed by atoms with Crippen molar-refractivity contribution in [3.63, 3.8) is 0 Å². The molecular weight excluding hydrogens is 200 g/mol. The maximum absolute atomic E-state index is 10.9. The molecule has 4 nitrogen and oxygen atoms in total. The molecule has 14 heavy (non-hydrogen) atoms. The normalized spacial score (nSPS) is 29.0. The molecule has 1 rings (SSSR count). The number of nitrogens with one attached hydrogen (secondary N) is 2. The van der Waals surface area contributed by atoms with Crippen LogP contribution in [0.2, 0.25) is 0 Å². The number of rotatable bonds is 4. The van der Waals surface area contributed by atoms with Crippen molar-refractivity contribution in [1.82, 2.24) is 10.0 Å². The fourth-order valence-corrected chi connectivity index (χ4v) is 2.47. The Hall–Kier alpha value is -0.130. The Morgan fingerprint density at radius 2 is 2.21 bits per heavy atom. The Labute approximate surface area is 86.5 Å². The van der Waals surface area contributed by atoms with E-state index in [9.17, 15) is 8.42 Å². The molecule has 2 N–H and O–H groups in total. The van der Waals surface area contributed by atoms with Crippen LogP contribution >= 0.6 is 0 Å². The monoisotopic (exact) mass is 220 g/mol. The maximum Gasteiger partial charge on any atom is 0.208 e. The van der Waals surface area contributed by atoms with E-state index >= 15 is 0 Å². The van der Waals surface area contributed by atoms with Crippen molar-refractivity contribution >= 4 is 10.0 Å². The molecule has 0 amide bonds. The fourth-order valence-electron chi connectivity index (χ4n) is 1.99. The number of piperidine rings is 1. The van der Waals surface area contributed by atoms with Gasteiger partial charge in [0, 0.05) is 12.6 Å². The van der Waals surface area contributed by atoms with Crippen molar-refractivity contribution in [2.24, 2.45) is 5.92 Å². The van der Waals surface area contributed by atoms with E-state index in [0.717, 1.165) is 13.0 Å². The molecule has 5 heteroatoms. The van der Waals surface area contributed by atoms with Crippen LogP contribution in [0.1, 0.15) is 26.2 Å². The lowest BCUT2D eigenvalue weighted by atomic mass is 9.89. The number of sulfonamides is 1. The smallest absolute Gasteiger partial charge is 0.208 e. The summed E-state index contributed by atoms with van der Waals surface area (Å²) in [6, 6.07) is 0.309.